The molecule has 1 heterocycles. The molecule has 336 valence electrons. The van der Waals surface area contributed by atoms with Gasteiger partial charge in [0.1, 0.15) is 0 Å². The Morgan fingerprint density at radius 1 is 0.250 bits per heavy atom. The van der Waals surface area contributed by atoms with Crippen LogP contribution in [0.25, 0.3) is 115 Å². The zero-order valence-electron chi connectivity index (χ0n) is 39.5. The fourth-order valence-electron chi connectivity index (χ4n) is 11.3. The van der Waals surface area contributed by atoms with Gasteiger partial charge in [-0.15, -0.1) is 0 Å². The lowest BCUT2D eigenvalue weighted by molar-refractivity contribution is 1.18. The zero-order valence-corrected chi connectivity index (χ0v) is 39.5. The fourth-order valence-corrected chi connectivity index (χ4v) is 11.3. The number of rotatable bonds is 8. The third-order valence-corrected chi connectivity index (χ3v) is 14.7. The smallest absolute Gasteiger partial charge is 0.0547 e. The van der Waals surface area contributed by atoms with Gasteiger partial charge in [-0.05, 0) is 155 Å². The third-order valence-electron chi connectivity index (χ3n) is 14.7. The van der Waals surface area contributed by atoms with Gasteiger partial charge in [0.05, 0.1) is 16.7 Å². The fraction of sp³-hybridized carbons (Fsp3) is 0. The summed E-state index contributed by atoms with van der Waals surface area (Å²) in [5.74, 6) is 0. The van der Waals surface area contributed by atoms with Gasteiger partial charge in [0, 0.05) is 33.4 Å². The summed E-state index contributed by atoms with van der Waals surface area (Å²) < 4.78 is 2.39. The van der Waals surface area contributed by atoms with Crippen LogP contribution in [-0.4, -0.2) is 4.57 Å². The van der Waals surface area contributed by atoms with E-state index in [4.69, 9.17) is 0 Å². The normalized spacial score (nSPS) is 11.6. The van der Waals surface area contributed by atoms with E-state index in [1.165, 1.54) is 98.3 Å². The molecule has 0 bridgehead atoms. The van der Waals surface area contributed by atoms with Crippen molar-refractivity contribution in [1.82, 2.24) is 4.57 Å². The molecule has 0 radical (unpaired) electrons. The summed E-state index contributed by atoms with van der Waals surface area (Å²) in [4.78, 5) is 2.42. The highest BCUT2D eigenvalue weighted by Gasteiger charge is 2.20. The van der Waals surface area contributed by atoms with E-state index in [1.54, 1.807) is 0 Å². The Balaban J connectivity index is 0.884. The Kier molecular flexibility index (Phi) is 9.89. The molecule has 14 aromatic rings. The van der Waals surface area contributed by atoms with Crippen molar-refractivity contribution in [3.8, 4) is 50.2 Å². The van der Waals surface area contributed by atoms with Crippen LogP contribution in [0.5, 0.6) is 0 Å². The number of fused-ring (bicyclic) bond motifs is 9. The van der Waals surface area contributed by atoms with Crippen LogP contribution in [0.2, 0.25) is 0 Å². The first-order valence-electron chi connectivity index (χ1n) is 24.8. The molecule has 0 fully saturated rings. The van der Waals surface area contributed by atoms with Gasteiger partial charge in [0.15, 0.2) is 0 Å². The molecule has 0 unspecified atom stereocenters. The predicted molar refractivity (Wildman–Crippen MR) is 307 cm³/mol. The van der Waals surface area contributed by atoms with Gasteiger partial charge in [0.25, 0.3) is 0 Å². The number of para-hydroxylation sites is 3. The molecule has 14 rings (SSSR count). The van der Waals surface area contributed by atoms with E-state index in [9.17, 15) is 0 Å². The van der Waals surface area contributed by atoms with Crippen LogP contribution >= 0.6 is 0 Å². The molecular weight excluding hydrogens is 869 g/mol. The van der Waals surface area contributed by atoms with Crippen molar-refractivity contribution < 1.29 is 0 Å². The Bertz CT molecular complexity index is 4210. The van der Waals surface area contributed by atoms with Crippen molar-refractivity contribution >= 4 is 82.0 Å². The van der Waals surface area contributed by atoms with Gasteiger partial charge < -0.3 is 9.47 Å². The minimum Gasteiger partial charge on any atom is -0.310 e. The highest BCUT2D eigenvalue weighted by molar-refractivity contribution is 6.16. The topological polar surface area (TPSA) is 8.17 Å². The predicted octanol–water partition coefficient (Wildman–Crippen LogP) is 19.5. The summed E-state index contributed by atoms with van der Waals surface area (Å²) in [6.45, 7) is 0. The maximum Gasteiger partial charge on any atom is 0.0547 e. The summed E-state index contributed by atoms with van der Waals surface area (Å²) in [6.07, 6.45) is 0. The van der Waals surface area contributed by atoms with Gasteiger partial charge in [-0.2, -0.15) is 0 Å². The largest absolute Gasteiger partial charge is 0.310 e. The number of benzene rings is 13. The average Bonchev–Trinajstić information content (AvgIpc) is 3.80. The maximum atomic E-state index is 2.42. The minimum absolute atomic E-state index is 1.08. The summed E-state index contributed by atoms with van der Waals surface area (Å²) in [5.41, 5.74) is 16.2. The number of anilines is 3. The minimum atomic E-state index is 1.08. The van der Waals surface area contributed by atoms with Gasteiger partial charge in [0.2, 0.25) is 0 Å². The van der Waals surface area contributed by atoms with Crippen molar-refractivity contribution in [1.29, 1.82) is 0 Å². The third kappa shape index (κ3) is 7.03. The number of hydrogen-bond acceptors (Lipinski definition) is 1. The van der Waals surface area contributed by atoms with E-state index in [2.05, 4.69) is 289 Å². The Morgan fingerprint density at radius 3 is 1.35 bits per heavy atom. The quantitative estimate of drug-likeness (QED) is 0.138. The van der Waals surface area contributed by atoms with Crippen LogP contribution in [0.3, 0.4) is 0 Å². The maximum absolute atomic E-state index is 2.42. The first kappa shape index (κ1) is 41.5. The molecule has 2 heteroatoms. The molecule has 72 heavy (non-hydrogen) atoms. The molecule has 0 N–H and O–H groups in total. The van der Waals surface area contributed by atoms with Gasteiger partial charge in [-0.1, -0.05) is 206 Å². The summed E-state index contributed by atoms with van der Waals surface area (Å²) >= 11 is 0. The Labute approximate surface area is 418 Å². The van der Waals surface area contributed by atoms with Gasteiger partial charge >= 0.3 is 0 Å². The standard InChI is InChI=1S/C70H46N2/c1-2-18-57(19-3-1)72-68-26-11-9-23-66(68)70-65(24-13-27-69(70)72)54-17-12-16-53(46-54)64-22-8-10-25-67(64)71(58-38-32-47(33-39-58)51-36-42-62-55(44-51)30-28-49-14-4-6-20-60(49)62)59-40-34-48(35-41-59)52-37-43-63-56(45-52)31-29-50-15-5-7-21-61(50)63/h1-46H. The van der Waals surface area contributed by atoms with E-state index >= 15 is 0 Å². The lowest BCUT2D eigenvalue weighted by atomic mass is 9.94. The molecule has 0 spiro atoms. The summed E-state index contributed by atoms with van der Waals surface area (Å²) in [7, 11) is 0. The van der Waals surface area contributed by atoms with Crippen LogP contribution in [0, 0.1) is 0 Å². The van der Waals surface area contributed by atoms with Crippen LogP contribution in [0.4, 0.5) is 17.1 Å². The monoisotopic (exact) mass is 914 g/mol. The van der Waals surface area contributed by atoms with E-state index in [0.29, 0.717) is 0 Å². The molecule has 0 aliphatic rings. The molecule has 0 saturated heterocycles. The Hall–Kier alpha value is -9.50. The second-order valence-electron chi connectivity index (χ2n) is 18.9. The second kappa shape index (κ2) is 17.2. The lowest BCUT2D eigenvalue weighted by Crippen LogP contribution is -2.11. The molecule has 0 saturated carbocycles. The van der Waals surface area contributed by atoms with Crippen molar-refractivity contribution in [3.63, 3.8) is 0 Å². The van der Waals surface area contributed by atoms with Gasteiger partial charge in [-0.3, -0.25) is 0 Å². The van der Waals surface area contributed by atoms with E-state index in [1.807, 2.05) is 0 Å². The molecule has 2 nitrogen and oxygen atoms in total. The van der Waals surface area contributed by atoms with E-state index in [-0.39, 0.29) is 0 Å². The molecule has 0 aliphatic carbocycles. The number of nitrogens with zero attached hydrogens (tertiary/aromatic N) is 2. The molecule has 13 aromatic carbocycles. The van der Waals surface area contributed by atoms with Crippen molar-refractivity contribution in [2.24, 2.45) is 0 Å². The summed E-state index contributed by atoms with van der Waals surface area (Å²) in [6, 6.07) is 102. The zero-order chi connectivity index (χ0) is 47.5. The van der Waals surface area contributed by atoms with E-state index in [0.717, 1.165) is 33.9 Å². The van der Waals surface area contributed by atoms with Crippen molar-refractivity contribution in [2.45, 2.75) is 0 Å². The van der Waals surface area contributed by atoms with Gasteiger partial charge in [-0.25, -0.2) is 0 Å². The molecule has 0 atom stereocenters. The van der Waals surface area contributed by atoms with Crippen LogP contribution in [0.15, 0.2) is 279 Å². The van der Waals surface area contributed by atoms with Crippen molar-refractivity contribution in [3.05, 3.63) is 279 Å². The van der Waals surface area contributed by atoms with Crippen molar-refractivity contribution in [2.75, 3.05) is 4.90 Å². The first-order valence-corrected chi connectivity index (χ1v) is 24.8. The van der Waals surface area contributed by atoms with E-state index < -0.39 is 0 Å². The van der Waals surface area contributed by atoms with Crippen LogP contribution in [-0.2, 0) is 0 Å². The second-order valence-corrected chi connectivity index (χ2v) is 18.9. The lowest BCUT2D eigenvalue weighted by Gasteiger charge is -2.28. The molecule has 0 aliphatic heterocycles. The van der Waals surface area contributed by atoms with Crippen LogP contribution in [0.1, 0.15) is 0 Å². The number of aromatic nitrogens is 1. The highest BCUT2D eigenvalue weighted by atomic mass is 15.1. The first-order chi connectivity index (χ1) is 35.7. The number of hydrogen-bond donors (Lipinski definition) is 0. The van der Waals surface area contributed by atoms with Crippen LogP contribution < -0.4 is 4.90 Å². The molecule has 1 aromatic heterocycles. The average molecular weight is 915 g/mol. The molecular formula is C70H46N2. The highest BCUT2D eigenvalue weighted by Crippen LogP contribution is 2.45. The SMILES string of the molecule is c1ccc(-n2c3ccccc3c3c(-c4cccc(-c5ccccc5N(c5ccc(-c6ccc7c(ccc8ccccc87)c6)cc5)c5ccc(-c6ccc7c(ccc8ccccc87)c6)cc5)c4)cccc32)cc1. The summed E-state index contributed by atoms with van der Waals surface area (Å²) in [5, 5.41) is 12.6. The molecule has 0 amide bonds. The Morgan fingerprint density at radius 2 is 0.708 bits per heavy atom.